The number of fused-ring (bicyclic) bond motifs is 3. The number of imidazole rings is 1. The van der Waals surface area contributed by atoms with Crippen LogP contribution in [0, 0.1) is 0 Å². The standard InChI is InChI=1S/C47H34N2/c1-2-45-48-42-25-13-15-27-44(42)49(45)43-26-14-12-19-36(43)33-28-30-34(31-29-33)46-38-21-8-10-23-40(38)47(41-24-11-9-22-39(41)46)37-20-7-6-18-35(37)32-16-4-3-5-17-32/h3-31H,2H2,1H3/i1D3,2D2,8D,9D,10D,11D,21D,22D,23D,24D. The molecule has 0 spiro atoms. The molecule has 0 atom stereocenters. The van der Waals surface area contributed by atoms with Crippen molar-refractivity contribution in [2.24, 2.45) is 0 Å². The van der Waals surface area contributed by atoms with E-state index < -0.39 is 37.4 Å². The molecule has 232 valence electrons. The smallest absolute Gasteiger partial charge is 0.114 e. The van der Waals surface area contributed by atoms with Crippen molar-refractivity contribution in [2.75, 3.05) is 0 Å². The maximum absolute atomic E-state index is 9.39. The van der Waals surface area contributed by atoms with Gasteiger partial charge in [0.25, 0.3) is 0 Å². The zero-order valence-corrected chi connectivity index (χ0v) is 26.0. The van der Waals surface area contributed by atoms with Gasteiger partial charge in [-0.25, -0.2) is 4.98 Å². The highest BCUT2D eigenvalue weighted by molar-refractivity contribution is 6.22. The fraction of sp³-hybridized carbons (Fsp3) is 0.0426. The fourth-order valence-corrected chi connectivity index (χ4v) is 6.84. The van der Waals surface area contributed by atoms with Crippen molar-refractivity contribution < 1.29 is 17.8 Å². The first-order chi connectivity index (χ1) is 29.5. The van der Waals surface area contributed by atoms with E-state index in [0.29, 0.717) is 44.5 Å². The summed E-state index contributed by atoms with van der Waals surface area (Å²) in [6.07, 6.45) is -2.83. The molecule has 8 aromatic carbocycles. The molecule has 0 fully saturated rings. The van der Waals surface area contributed by atoms with Crippen LogP contribution in [0.2, 0.25) is 0 Å². The fourth-order valence-electron chi connectivity index (χ4n) is 6.84. The van der Waals surface area contributed by atoms with E-state index in [1.54, 1.807) is 78.9 Å². The lowest BCUT2D eigenvalue weighted by molar-refractivity contribution is 0.909. The van der Waals surface area contributed by atoms with E-state index in [0.717, 1.165) is 5.56 Å². The monoisotopic (exact) mass is 639 g/mol. The first kappa shape index (κ1) is 18.3. The van der Waals surface area contributed by atoms with Gasteiger partial charge in [-0.05, 0) is 78.7 Å². The first-order valence-electron chi connectivity index (χ1n) is 22.3. The van der Waals surface area contributed by atoms with Crippen LogP contribution < -0.4 is 0 Å². The van der Waals surface area contributed by atoms with E-state index in [4.69, 9.17) is 12.3 Å². The van der Waals surface area contributed by atoms with E-state index >= 15 is 0 Å². The Morgan fingerprint density at radius 2 is 1.06 bits per heavy atom. The Bertz CT molecular complexity index is 3200. The van der Waals surface area contributed by atoms with Gasteiger partial charge in [0.05, 0.1) is 27.7 Å². The number of hydrogen-bond donors (Lipinski definition) is 0. The van der Waals surface area contributed by atoms with Crippen molar-refractivity contribution >= 4 is 32.6 Å². The molecule has 0 N–H and O–H groups in total. The lowest BCUT2D eigenvalue weighted by Gasteiger charge is -2.20. The van der Waals surface area contributed by atoms with Crippen LogP contribution in [0.15, 0.2) is 176 Å². The third-order valence-corrected chi connectivity index (χ3v) is 8.96. The molecule has 1 aromatic heterocycles. The van der Waals surface area contributed by atoms with Crippen molar-refractivity contribution in [3.8, 4) is 50.2 Å². The summed E-state index contributed by atoms with van der Waals surface area (Å²) in [6, 6.07) is 34.3. The first-order valence-corrected chi connectivity index (χ1v) is 15.8. The van der Waals surface area contributed by atoms with E-state index in [2.05, 4.69) is 4.98 Å². The quantitative estimate of drug-likeness (QED) is 0.166. The SMILES string of the molecule is [2H]c1c([2H])c([2H])c2c(-c3ccccc3-c3ccccc3)c3c([2H])c([2H])c([2H])c([2H])c3c(-c3ccc(-c4ccccc4-n4c(C([2H])([2H])C([2H])([2H])[2H])nc5ccccc54)cc3)c2c1[2H]. The highest BCUT2D eigenvalue weighted by Crippen LogP contribution is 2.46. The zero-order chi connectivity index (χ0) is 44.0. The Kier molecular flexibility index (Phi) is 4.52. The van der Waals surface area contributed by atoms with Crippen LogP contribution in [0.25, 0.3) is 82.8 Å². The maximum Gasteiger partial charge on any atom is 0.114 e. The van der Waals surface area contributed by atoms with Crippen LogP contribution in [0.4, 0.5) is 0 Å². The van der Waals surface area contributed by atoms with Gasteiger partial charge >= 0.3 is 0 Å². The summed E-state index contributed by atoms with van der Waals surface area (Å²) in [5.74, 6) is -0.294. The molecule has 1 heterocycles. The molecule has 0 aliphatic rings. The average Bonchev–Trinajstić information content (AvgIpc) is 3.68. The molecule has 0 radical (unpaired) electrons. The predicted molar refractivity (Wildman–Crippen MR) is 207 cm³/mol. The number of aromatic nitrogens is 2. The molecule has 0 saturated carbocycles. The van der Waals surface area contributed by atoms with E-state index in [1.807, 2.05) is 48.5 Å². The minimum atomic E-state index is -3.04. The van der Waals surface area contributed by atoms with Gasteiger partial charge in [-0.3, -0.25) is 4.57 Å². The molecule has 0 amide bonds. The minimum absolute atomic E-state index is 0.0842. The zero-order valence-electron chi connectivity index (χ0n) is 39.0. The summed E-state index contributed by atoms with van der Waals surface area (Å²) in [5, 5.41) is 0.371. The van der Waals surface area contributed by atoms with Gasteiger partial charge in [0.15, 0.2) is 0 Å². The Morgan fingerprint density at radius 3 is 1.76 bits per heavy atom. The number of benzene rings is 8. The average molecular weight is 640 g/mol. The summed E-state index contributed by atoms with van der Waals surface area (Å²) in [7, 11) is 0. The molecule has 0 saturated heterocycles. The third kappa shape index (κ3) is 4.84. The van der Waals surface area contributed by atoms with E-state index in [1.165, 1.54) is 4.57 Å². The second-order valence-electron chi connectivity index (χ2n) is 11.6. The number of aryl methyl sites for hydroxylation is 1. The molecule has 0 aliphatic carbocycles. The highest BCUT2D eigenvalue weighted by atomic mass is 15.1. The van der Waals surface area contributed by atoms with Crippen LogP contribution in [0.5, 0.6) is 0 Å². The van der Waals surface area contributed by atoms with Gasteiger partial charge in [-0.2, -0.15) is 0 Å². The topological polar surface area (TPSA) is 17.8 Å². The van der Waals surface area contributed by atoms with Gasteiger partial charge < -0.3 is 0 Å². The Labute approximate surface area is 304 Å². The summed E-state index contributed by atoms with van der Waals surface area (Å²) >= 11 is 0. The van der Waals surface area contributed by atoms with Crippen LogP contribution in [-0.4, -0.2) is 9.55 Å². The molecule has 0 aliphatic heterocycles. The number of rotatable bonds is 6. The van der Waals surface area contributed by atoms with Crippen molar-refractivity contribution in [3.63, 3.8) is 0 Å². The van der Waals surface area contributed by atoms with Gasteiger partial charge in [-0.1, -0.05) is 164 Å². The lowest BCUT2D eigenvalue weighted by Crippen LogP contribution is -2.02. The largest absolute Gasteiger partial charge is 0.296 e. The number of para-hydroxylation sites is 3. The van der Waals surface area contributed by atoms with Crippen LogP contribution in [0.3, 0.4) is 0 Å². The Hall–Kier alpha value is -6.25. The van der Waals surface area contributed by atoms with Gasteiger partial charge in [0, 0.05) is 18.8 Å². The highest BCUT2D eigenvalue weighted by Gasteiger charge is 2.19. The Balaban J connectivity index is 1.35. The van der Waals surface area contributed by atoms with E-state index in [-0.39, 0.29) is 62.7 Å². The molecule has 49 heavy (non-hydrogen) atoms. The molecule has 2 heteroatoms. The van der Waals surface area contributed by atoms with E-state index in [9.17, 15) is 5.48 Å². The second-order valence-corrected chi connectivity index (χ2v) is 11.6. The molecular weight excluding hydrogens is 593 g/mol. The molecule has 0 bridgehead atoms. The third-order valence-electron chi connectivity index (χ3n) is 8.96. The summed E-state index contributed by atoms with van der Waals surface area (Å²) in [4.78, 5) is 4.49. The lowest BCUT2D eigenvalue weighted by atomic mass is 9.83. The Morgan fingerprint density at radius 1 is 0.531 bits per heavy atom. The van der Waals surface area contributed by atoms with Crippen molar-refractivity contribution in [1.82, 2.24) is 9.55 Å². The van der Waals surface area contributed by atoms with Crippen molar-refractivity contribution in [2.45, 2.75) is 13.2 Å². The molecule has 9 rings (SSSR count). The predicted octanol–water partition coefficient (Wildman–Crippen LogP) is 12.6. The van der Waals surface area contributed by atoms with Crippen molar-refractivity contribution in [3.05, 3.63) is 182 Å². The van der Waals surface area contributed by atoms with Crippen LogP contribution in [0.1, 0.15) is 30.5 Å². The second kappa shape index (κ2) is 12.1. The molecule has 2 nitrogen and oxygen atoms in total. The summed E-state index contributed by atoms with van der Waals surface area (Å²) < 4.78 is 116. The van der Waals surface area contributed by atoms with Crippen LogP contribution >= 0.6 is 0 Å². The maximum atomic E-state index is 9.39. The van der Waals surface area contributed by atoms with Gasteiger partial charge in [0.2, 0.25) is 0 Å². The molecule has 0 unspecified atom stereocenters. The van der Waals surface area contributed by atoms with Crippen molar-refractivity contribution in [1.29, 1.82) is 0 Å². The van der Waals surface area contributed by atoms with Gasteiger partial charge in [0.1, 0.15) is 5.82 Å². The molecular formula is C47H34N2. The minimum Gasteiger partial charge on any atom is -0.296 e. The van der Waals surface area contributed by atoms with Gasteiger partial charge in [-0.15, -0.1) is 0 Å². The molecule has 9 aromatic rings. The van der Waals surface area contributed by atoms with Crippen LogP contribution in [-0.2, 0) is 6.37 Å². The summed E-state index contributed by atoms with van der Waals surface area (Å²) in [6.45, 7) is -3.04. The number of hydrogen-bond acceptors (Lipinski definition) is 1. The summed E-state index contributed by atoms with van der Waals surface area (Å²) in [5.41, 5.74) is 5.46. The normalized spacial score (nSPS) is 15.8. The number of nitrogens with zero attached hydrogens (tertiary/aromatic N) is 2.